The van der Waals surface area contributed by atoms with Crippen molar-refractivity contribution >= 4 is 16.7 Å². The second-order valence-corrected chi connectivity index (χ2v) is 5.96. The maximum atomic E-state index is 5.74. The summed E-state index contributed by atoms with van der Waals surface area (Å²) in [5.41, 5.74) is 6.35. The summed E-state index contributed by atoms with van der Waals surface area (Å²) in [5, 5.41) is 0. The number of imidazole rings is 1. The zero-order chi connectivity index (χ0) is 20.4. The fourth-order valence-corrected chi connectivity index (χ4v) is 2.82. The summed E-state index contributed by atoms with van der Waals surface area (Å²) in [5.74, 6) is 0. The van der Waals surface area contributed by atoms with E-state index < -0.39 is 0 Å². The number of hydrogen-bond acceptors (Lipinski definition) is 3. The lowest BCUT2D eigenvalue weighted by atomic mass is 10.1. The number of nitrogens with zero attached hydrogens (tertiary/aromatic N) is 3. The molecule has 28 heavy (non-hydrogen) atoms. The van der Waals surface area contributed by atoms with Gasteiger partial charge in [0.05, 0.1) is 30.0 Å². The zero-order valence-corrected chi connectivity index (χ0v) is 17.1. The van der Waals surface area contributed by atoms with Crippen LogP contribution in [0.2, 0.25) is 0 Å². The summed E-state index contributed by atoms with van der Waals surface area (Å²) in [6.07, 6.45) is 6.06. The van der Waals surface area contributed by atoms with Crippen LogP contribution in [0, 0.1) is 0 Å². The molecule has 0 radical (unpaired) electrons. The van der Waals surface area contributed by atoms with Crippen LogP contribution in [0.5, 0.6) is 0 Å². The molecule has 0 fully saturated rings. The fraction of sp³-hybridized carbons (Fsp3) is 0.250. The third-order valence-corrected chi connectivity index (χ3v) is 4.22. The molecule has 0 unspecified atom stereocenters. The van der Waals surface area contributed by atoms with Crippen LogP contribution in [-0.2, 0) is 17.8 Å². The summed E-state index contributed by atoms with van der Waals surface area (Å²) >= 11 is 0. The van der Waals surface area contributed by atoms with Crippen molar-refractivity contribution in [1.29, 1.82) is 0 Å². The number of aromatic nitrogens is 2. The van der Waals surface area contributed by atoms with E-state index in [1.807, 2.05) is 26.2 Å². The number of ether oxygens (including phenoxy) is 1. The van der Waals surface area contributed by atoms with Gasteiger partial charge in [0.15, 0.2) is 0 Å². The molecule has 2 aromatic carbocycles. The Morgan fingerprint density at radius 2 is 1.96 bits per heavy atom. The SMILES string of the molecule is C=CN=C(C=C)COCc1cccc(-n2cnc3cc(CC)ccc32)c1.CC. The Labute approximate surface area is 167 Å². The van der Waals surface area contributed by atoms with Crippen molar-refractivity contribution in [3.63, 3.8) is 0 Å². The highest BCUT2D eigenvalue weighted by Gasteiger charge is 2.06. The van der Waals surface area contributed by atoms with Crippen molar-refractivity contribution in [3.8, 4) is 5.69 Å². The summed E-state index contributed by atoms with van der Waals surface area (Å²) in [4.78, 5) is 8.65. The Kier molecular flexibility index (Phi) is 8.37. The maximum Gasteiger partial charge on any atom is 0.100 e. The maximum absolute atomic E-state index is 5.74. The minimum absolute atomic E-state index is 0.410. The zero-order valence-electron chi connectivity index (χ0n) is 17.1. The van der Waals surface area contributed by atoms with Gasteiger partial charge in [-0.3, -0.25) is 9.56 Å². The average Bonchev–Trinajstić information content (AvgIpc) is 3.18. The van der Waals surface area contributed by atoms with Gasteiger partial charge in [-0.2, -0.15) is 0 Å². The van der Waals surface area contributed by atoms with E-state index in [1.165, 1.54) is 11.8 Å². The van der Waals surface area contributed by atoms with Gasteiger partial charge in [0.1, 0.15) is 6.33 Å². The molecule has 146 valence electrons. The van der Waals surface area contributed by atoms with E-state index in [1.54, 1.807) is 6.08 Å². The van der Waals surface area contributed by atoms with Gasteiger partial charge in [0.2, 0.25) is 0 Å². The minimum atomic E-state index is 0.410. The Morgan fingerprint density at radius 1 is 1.14 bits per heavy atom. The predicted molar refractivity (Wildman–Crippen MR) is 119 cm³/mol. The predicted octanol–water partition coefficient (Wildman–Crippen LogP) is 5.90. The van der Waals surface area contributed by atoms with Crippen molar-refractivity contribution in [2.45, 2.75) is 33.8 Å². The Hall–Kier alpha value is -2.98. The molecule has 0 saturated carbocycles. The van der Waals surface area contributed by atoms with Crippen LogP contribution in [0.25, 0.3) is 16.7 Å². The third-order valence-electron chi connectivity index (χ3n) is 4.22. The van der Waals surface area contributed by atoms with Crippen LogP contribution >= 0.6 is 0 Å². The number of fused-ring (bicyclic) bond motifs is 1. The molecule has 3 aromatic rings. The highest BCUT2D eigenvalue weighted by Crippen LogP contribution is 2.20. The molecule has 0 amide bonds. The Balaban J connectivity index is 0.00000136. The van der Waals surface area contributed by atoms with Crippen molar-refractivity contribution in [3.05, 3.63) is 85.4 Å². The van der Waals surface area contributed by atoms with Gasteiger partial charge in [-0.15, -0.1) is 0 Å². The molecule has 1 aromatic heterocycles. The van der Waals surface area contributed by atoms with E-state index >= 15 is 0 Å². The first-order valence-corrected chi connectivity index (χ1v) is 9.68. The largest absolute Gasteiger partial charge is 0.370 e. The Bertz CT molecular complexity index is 953. The first kappa shape index (κ1) is 21.3. The first-order chi connectivity index (χ1) is 13.7. The van der Waals surface area contributed by atoms with Gasteiger partial charge in [0.25, 0.3) is 0 Å². The first-order valence-electron chi connectivity index (χ1n) is 9.68. The molecule has 3 rings (SSSR count). The van der Waals surface area contributed by atoms with Crippen LogP contribution in [0.3, 0.4) is 0 Å². The molecule has 0 aliphatic carbocycles. The normalized spacial score (nSPS) is 11.0. The van der Waals surface area contributed by atoms with Gasteiger partial charge >= 0.3 is 0 Å². The van der Waals surface area contributed by atoms with Gasteiger partial charge in [-0.25, -0.2) is 4.98 Å². The molecule has 0 N–H and O–H groups in total. The highest BCUT2D eigenvalue weighted by molar-refractivity contribution is 5.95. The van der Waals surface area contributed by atoms with E-state index in [0.717, 1.165) is 34.4 Å². The lowest BCUT2D eigenvalue weighted by molar-refractivity contribution is 0.158. The Morgan fingerprint density at radius 3 is 2.68 bits per heavy atom. The van der Waals surface area contributed by atoms with E-state index in [4.69, 9.17) is 4.74 Å². The van der Waals surface area contributed by atoms with Gasteiger partial charge in [0, 0.05) is 11.9 Å². The quantitative estimate of drug-likeness (QED) is 0.460. The molecule has 0 aliphatic rings. The number of benzene rings is 2. The molecule has 0 spiro atoms. The van der Waals surface area contributed by atoms with Crippen molar-refractivity contribution in [1.82, 2.24) is 9.55 Å². The number of hydrogen-bond donors (Lipinski definition) is 0. The molecule has 0 bridgehead atoms. The average molecular weight is 376 g/mol. The molecule has 4 heteroatoms. The monoisotopic (exact) mass is 375 g/mol. The van der Waals surface area contributed by atoms with Gasteiger partial charge in [-0.1, -0.05) is 52.1 Å². The molecule has 0 aliphatic heterocycles. The van der Waals surface area contributed by atoms with Crippen LogP contribution in [-0.4, -0.2) is 21.9 Å². The molecular formula is C24H29N3O. The topological polar surface area (TPSA) is 39.4 Å². The highest BCUT2D eigenvalue weighted by atomic mass is 16.5. The summed E-state index contributed by atoms with van der Waals surface area (Å²) in [6, 6.07) is 14.7. The number of aryl methyl sites for hydroxylation is 1. The smallest absolute Gasteiger partial charge is 0.100 e. The third kappa shape index (κ3) is 5.27. The van der Waals surface area contributed by atoms with Crippen LogP contribution in [0.15, 0.2) is 79.2 Å². The minimum Gasteiger partial charge on any atom is -0.370 e. The molecule has 0 saturated heterocycles. The lowest BCUT2D eigenvalue weighted by Crippen LogP contribution is -2.05. The van der Waals surface area contributed by atoms with Crippen molar-refractivity contribution in [2.75, 3.05) is 6.61 Å². The second kappa shape index (κ2) is 11.0. The van der Waals surface area contributed by atoms with E-state index in [-0.39, 0.29) is 0 Å². The second-order valence-electron chi connectivity index (χ2n) is 5.96. The van der Waals surface area contributed by atoms with Crippen LogP contribution < -0.4 is 0 Å². The van der Waals surface area contributed by atoms with Crippen molar-refractivity contribution in [2.24, 2.45) is 4.99 Å². The van der Waals surface area contributed by atoms with Crippen molar-refractivity contribution < 1.29 is 4.74 Å². The van der Waals surface area contributed by atoms with Gasteiger partial charge < -0.3 is 4.74 Å². The van der Waals surface area contributed by atoms with E-state index in [2.05, 4.69) is 71.0 Å². The number of rotatable bonds is 8. The van der Waals surface area contributed by atoms with Crippen LogP contribution in [0.1, 0.15) is 31.9 Å². The van der Waals surface area contributed by atoms with Gasteiger partial charge in [-0.05, 0) is 47.9 Å². The molecule has 4 nitrogen and oxygen atoms in total. The lowest BCUT2D eigenvalue weighted by Gasteiger charge is -2.08. The summed E-state index contributed by atoms with van der Waals surface area (Å²) < 4.78 is 7.84. The van der Waals surface area contributed by atoms with E-state index in [9.17, 15) is 0 Å². The number of aliphatic imine (C=N–C) groups is 1. The molecule has 0 atom stereocenters. The summed E-state index contributed by atoms with van der Waals surface area (Å²) in [6.45, 7) is 14.4. The molecule has 1 heterocycles. The fourth-order valence-electron chi connectivity index (χ4n) is 2.82. The summed E-state index contributed by atoms with van der Waals surface area (Å²) in [7, 11) is 0. The molecular weight excluding hydrogens is 346 g/mol. The van der Waals surface area contributed by atoms with E-state index in [0.29, 0.717) is 13.2 Å². The van der Waals surface area contributed by atoms with Crippen LogP contribution in [0.4, 0.5) is 0 Å². The standard InChI is InChI=1S/C22H23N3O.C2H6/c1-4-17-10-11-22-21(13-17)24-16-25(22)20-9-7-8-18(12-20)14-26-15-19(5-2)23-6-3;1-2/h5-13,16H,2-4,14-15H2,1H3;1-2H3.